The maximum atomic E-state index is 2.39. The average molecular weight is 154 g/mol. The van der Waals surface area contributed by atoms with E-state index in [1.807, 2.05) is 0 Å². The van der Waals surface area contributed by atoms with Gasteiger partial charge in [0.15, 0.2) is 0 Å². The van der Waals surface area contributed by atoms with Gasteiger partial charge in [-0.3, -0.25) is 0 Å². The maximum Gasteiger partial charge on any atom is 0.0379 e. The molecule has 0 aromatic rings. The molecule has 0 aliphatic carbocycles. The van der Waals surface area contributed by atoms with Crippen LogP contribution in [0.1, 0.15) is 26.7 Å². The van der Waals surface area contributed by atoms with E-state index in [0.29, 0.717) is 0 Å². The molecule has 0 fully saturated rings. The first-order valence-corrected chi connectivity index (χ1v) is 4.56. The van der Waals surface area contributed by atoms with Crippen molar-refractivity contribution in [1.29, 1.82) is 0 Å². The van der Waals surface area contributed by atoms with Gasteiger partial charge in [-0.15, -0.1) is 0 Å². The third kappa shape index (κ3) is 2.22. The van der Waals surface area contributed by atoms with E-state index in [9.17, 15) is 0 Å². The molecule has 1 heterocycles. The van der Waals surface area contributed by atoms with Gasteiger partial charge in [-0.05, 0) is 13.3 Å². The van der Waals surface area contributed by atoms with Gasteiger partial charge in [0, 0.05) is 25.8 Å². The maximum absolute atomic E-state index is 2.39. The summed E-state index contributed by atoms with van der Waals surface area (Å²) < 4.78 is 0. The Labute approximate surface area is 69.5 Å². The highest BCUT2D eigenvalue weighted by molar-refractivity contribution is 4.90. The smallest absolute Gasteiger partial charge is 0.0379 e. The fraction of sp³-hybridized carbons (Fsp3) is 0.778. The second-order valence-electron chi connectivity index (χ2n) is 2.91. The number of hydrogen-bond donors (Lipinski definition) is 0. The van der Waals surface area contributed by atoms with Crippen LogP contribution in [0.3, 0.4) is 0 Å². The van der Waals surface area contributed by atoms with Crippen molar-refractivity contribution >= 4 is 0 Å². The highest BCUT2D eigenvalue weighted by Crippen LogP contribution is 2.07. The van der Waals surface area contributed by atoms with Gasteiger partial charge < -0.3 is 5.01 Å². The van der Waals surface area contributed by atoms with E-state index in [0.717, 1.165) is 13.1 Å². The van der Waals surface area contributed by atoms with Crippen LogP contribution in [-0.4, -0.2) is 29.7 Å². The topological polar surface area (TPSA) is 6.48 Å². The van der Waals surface area contributed by atoms with Crippen LogP contribution >= 0.6 is 0 Å². The molecular weight excluding hydrogens is 136 g/mol. The summed E-state index contributed by atoms with van der Waals surface area (Å²) in [7, 11) is 0. The Morgan fingerprint density at radius 2 is 2.18 bits per heavy atom. The van der Waals surface area contributed by atoms with Crippen LogP contribution < -0.4 is 0 Å². The van der Waals surface area contributed by atoms with E-state index in [-0.39, 0.29) is 0 Å². The summed E-state index contributed by atoms with van der Waals surface area (Å²) in [5.74, 6) is 0. The van der Waals surface area contributed by atoms with Gasteiger partial charge >= 0.3 is 0 Å². The molecule has 1 aliphatic heterocycles. The largest absolute Gasteiger partial charge is 0.313 e. The molecule has 1 rings (SSSR count). The Morgan fingerprint density at radius 1 is 1.36 bits per heavy atom. The molecule has 0 spiro atoms. The van der Waals surface area contributed by atoms with Crippen LogP contribution in [0.4, 0.5) is 0 Å². The van der Waals surface area contributed by atoms with Gasteiger partial charge in [0.1, 0.15) is 0 Å². The van der Waals surface area contributed by atoms with Crippen LogP contribution in [0, 0.1) is 0 Å². The molecule has 2 heteroatoms. The zero-order valence-electron chi connectivity index (χ0n) is 7.58. The molecule has 0 unspecified atom stereocenters. The molecule has 0 saturated heterocycles. The molecule has 2 nitrogen and oxygen atoms in total. The van der Waals surface area contributed by atoms with Crippen LogP contribution in [0.5, 0.6) is 0 Å². The van der Waals surface area contributed by atoms with E-state index in [4.69, 9.17) is 0 Å². The quantitative estimate of drug-likeness (QED) is 0.609. The Morgan fingerprint density at radius 3 is 2.82 bits per heavy atom. The highest BCUT2D eigenvalue weighted by atomic mass is 15.6. The lowest BCUT2D eigenvalue weighted by Gasteiger charge is -2.27. The molecule has 0 aromatic heterocycles. The third-order valence-corrected chi connectivity index (χ3v) is 2.05. The Hall–Kier alpha value is -0.500. The van der Waals surface area contributed by atoms with Crippen LogP contribution in [0.15, 0.2) is 12.3 Å². The number of hydrogen-bond acceptors (Lipinski definition) is 2. The molecule has 0 amide bonds. The standard InChI is InChI=1S/C9H18N2/c1-3-5-7-11-9-6-8-10(11)4-2/h6,8H,3-5,7,9H2,1-2H3. The average Bonchev–Trinajstić information content (AvgIpc) is 2.47. The first-order valence-electron chi connectivity index (χ1n) is 4.56. The van der Waals surface area contributed by atoms with Crippen molar-refractivity contribution in [2.24, 2.45) is 0 Å². The van der Waals surface area contributed by atoms with Gasteiger partial charge in [0.05, 0.1) is 0 Å². The molecule has 11 heavy (non-hydrogen) atoms. The fourth-order valence-electron chi connectivity index (χ4n) is 1.36. The number of nitrogens with zero attached hydrogens (tertiary/aromatic N) is 2. The summed E-state index contributed by atoms with van der Waals surface area (Å²) in [5, 5.41) is 4.68. The third-order valence-electron chi connectivity index (χ3n) is 2.05. The number of rotatable bonds is 4. The predicted molar refractivity (Wildman–Crippen MR) is 48.0 cm³/mol. The molecular formula is C9H18N2. The van der Waals surface area contributed by atoms with Crippen molar-refractivity contribution in [2.45, 2.75) is 26.7 Å². The van der Waals surface area contributed by atoms with E-state index >= 15 is 0 Å². The molecule has 0 radical (unpaired) electrons. The first kappa shape index (κ1) is 8.60. The van der Waals surface area contributed by atoms with E-state index in [1.54, 1.807) is 0 Å². The van der Waals surface area contributed by atoms with Crippen molar-refractivity contribution < 1.29 is 0 Å². The zero-order valence-corrected chi connectivity index (χ0v) is 7.58. The van der Waals surface area contributed by atoms with Gasteiger partial charge in [-0.1, -0.05) is 19.4 Å². The van der Waals surface area contributed by atoms with Crippen LogP contribution in [0.25, 0.3) is 0 Å². The van der Waals surface area contributed by atoms with Crippen LogP contribution in [0.2, 0.25) is 0 Å². The molecule has 64 valence electrons. The van der Waals surface area contributed by atoms with Gasteiger partial charge in [-0.2, -0.15) is 0 Å². The minimum Gasteiger partial charge on any atom is -0.313 e. The van der Waals surface area contributed by atoms with Crippen molar-refractivity contribution in [3.8, 4) is 0 Å². The second-order valence-corrected chi connectivity index (χ2v) is 2.91. The summed E-state index contributed by atoms with van der Waals surface area (Å²) in [6.07, 6.45) is 6.99. The molecule has 0 N–H and O–H groups in total. The van der Waals surface area contributed by atoms with E-state index < -0.39 is 0 Å². The summed E-state index contributed by atoms with van der Waals surface area (Å²) in [4.78, 5) is 0. The summed E-state index contributed by atoms with van der Waals surface area (Å²) in [6.45, 7) is 7.83. The summed E-state index contributed by atoms with van der Waals surface area (Å²) >= 11 is 0. The minimum atomic E-state index is 1.10. The summed E-state index contributed by atoms with van der Waals surface area (Å²) in [5.41, 5.74) is 0. The zero-order chi connectivity index (χ0) is 8.10. The van der Waals surface area contributed by atoms with Crippen molar-refractivity contribution in [3.05, 3.63) is 12.3 Å². The number of unbranched alkanes of at least 4 members (excludes halogenated alkanes) is 1. The summed E-state index contributed by atoms with van der Waals surface area (Å²) in [6, 6.07) is 0. The first-order chi connectivity index (χ1) is 5.38. The highest BCUT2D eigenvalue weighted by Gasteiger charge is 2.12. The SMILES string of the molecule is CCCCN1CC=CN1CC. The molecule has 0 bridgehead atoms. The second kappa shape index (κ2) is 4.39. The molecule has 1 aliphatic rings. The van der Waals surface area contributed by atoms with Gasteiger partial charge in [-0.25, -0.2) is 5.01 Å². The Bertz CT molecular complexity index is 132. The Kier molecular flexibility index (Phi) is 3.43. The minimum absolute atomic E-state index is 1.10. The predicted octanol–water partition coefficient (Wildman–Crippen LogP) is 1.85. The van der Waals surface area contributed by atoms with Crippen LogP contribution in [-0.2, 0) is 0 Å². The lowest BCUT2D eigenvalue weighted by atomic mass is 10.3. The van der Waals surface area contributed by atoms with Crippen molar-refractivity contribution in [1.82, 2.24) is 10.0 Å². The Balaban J connectivity index is 2.23. The number of hydrazine groups is 1. The normalized spacial score (nSPS) is 18.2. The van der Waals surface area contributed by atoms with Gasteiger partial charge in [0.25, 0.3) is 0 Å². The van der Waals surface area contributed by atoms with Crippen molar-refractivity contribution in [3.63, 3.8) is 0 Å². The molecule has 0 atom stereocenters. The monoisotopic (exact) mass is 154 g/mol. The van der Waals surface area contributed by atoms with Crippen molar-refractivity contribution in [2.75, 3.05) is 19.6 Å². The lowest BCUT2D eigenvalue weighted by molar-refractivity contribution is 0.0561. The van der Waals surface area contributed by atoms with E-state index in [2.05, 4.69) is 36.1 Å². The fourth-order valence-corrected chi connectivity index (χ4v) is 1.36. The molecule has 0 saturated carbocycles. The molecule has 0 aromatic carbocycles. The van der Waals surface area contributed by atoms with Gasteiger partial charge in [0.2, 0.25) is 0 Å². The lowest BCUT2D eigenvalue weighted by Crippen LogP contribution is -2.35. The van der Waals surface area contributed by atoms with E-state index in [1.165, 1.54) is 19.4 Å².